The molecule has 2 aliphatic heterocycles. The van der Waals surface area contributed by atoms with Crippen LogP contribution in [0.2, 0.25) is 0 Å². The summed E-state index contributed by atoms with van der Waals surface area (Å²) < 4.78 is 67.9. The molecule has 2 aliphatic carbocycles. The molecule has 16 heteroatoms. The Balaban J connectivity index is 1.29. The number of rotatable bonds is 11. The number of nitrogens with one attached hydrogen (secondary N) is 2. The first-order chi connectivity index (χ1) is 24.8. The van der Waals surface area contributed by atoms with Crippen molar-refractivity contribution in [3.8, 4) is 0 Å². The van der Waals surface area contributed by atoms with Crippen molar-refractivity contribution < 1.29 is 40.8 Å². The molecule has 4 fully saturated rings. The molecule has 0 unspecified atom stereocenters. The summed E-state index contributed by atoms with van der Waals surface area (Å²) in [6.45, 7) is 10.7. The summed E-state index contributed by atoms with van der Waals surface area (Å²) in [7, 11) is -3.92. The van der Waals surface area contributed by atoms with E-state index in [0.717, 1.165) is 31.4 Å². The van der Waals surface area contributed by atoms with Gasteiger partial charge in [-0.05, 0) is 68.6 Å². The second kappa shape index (κ2) is 14.5. The molecule has 5 atom stereocenters. The summed E-state index contributed by atoms with van der Waals surface area (Å²) in [5.74, 6) is -3.36. The lowest BCUT2D eigenvalue weighted by molar-refractivity contribution is -0.148. The van der Waals surface area contributed by atoms with Gasteiger partial charge in [-0.3, -0.25) is 28.9 Å². The Morgan fingerprint density at radius 3 is 2.40 bits per heavy atom. The average molecular weight is 778 g/mol. The first-order valence-corrected chi connectivity index (χ1v) is 20.5. The van der Waals surface area contributed by atoms with Gasteiger partial charge >= 0.3 is 6.18 Å². The fourth-order valence-electron chi connectivity index (χ4n) is 7.39. The van der Waals surface area contributed by atoms with Crippen LogP contribution in [0.5, 0.6) is 0 Å². The number of aromatic nitrogens is 1. The molecule has 2 saturated heterocycles. The molecule has 6 rings (SSSR count). The molecule has 0 radical (unpaired) electrons. The quantitative estimate of drug-likeness (QED) is 0.302. The highest BCUT2D eigenvalue weighted by molar-refractivity contribution is 8.00. The van der Waals surface area contributed by atoms with E-state index in [2.05, 4.69) is 21.6 Å². The second-order valence-corrected chi connectivity index (χ2v) is 19.1. The number of fused-ring (bicyclic) bond motifs is 1. The zero-order valence-electron chi connectivity index (χ0n) is 30.1. The molecule has 11 nitrogen and oxygen atoms in total. The van der Waals surface area contributed by atoms with Gasteiger partial charge in [-0.15, -0.1) is 18.3 Å². The van der Waals surface area contributed by atoms with E-state index in [1.165, 1.54) is 35.0 Å². The summed E-state index contributed by atoms with van der Waals surface area (Å²) in [6.07, 6.45) is 2.24. The number of carbonyl (C=O) groups is 4. The van der Waals surface area contributed by atoms with Crippen LogP contribution in [0.4, 0.5) is 13.2 Å². The van der Waals surface area contributed by atoms with Gasteiger partial charge < -0.3 is 15.1 Å². The Morgan fingerprint density at radius 2 is 1.79 bits per heavy atom. The minimum absolute atomic E-state index is 0.0502. The van der Waals surface area contributed by atoms with Gasteiger partial charge in [0.2, 0.25) is 27.7 Å². The normalized spacial score (nSPS) is 25.5. The second-order valence-electron chi connectivity index (χ2n) is 15.8. The Morgan fingerprint density at radius 1 is 1.09 bits per heavy atom. The van der Waals surface area contributed by atoms with Gasteiger partial charge in [-0.25, -0.2) is 8.42 Å². The molecule has 4 aliphatic rings. The van der Waals surface area contributed by atoms with E-state index < -0.39 is 78.8 Å². The molecule has 2 aromatic rings. The van der Waals surface area contributed by atoms with Crippen molar-refractivity contribution in [2.75, 3.05) is 19.6 Å². The summed E-state index contributed by atoms with van der Waals surface area (Å²) in [4.78, 5) is 63.9. The zero-order valence-corrected chi connectivity index (χ0v) is 31.7. The lowest BCUT2D eigenvalue weighted by Crippen LogP contribution is -2.57. The number of hydrogen-bond donors (Lipinski definition) is 2. The number of sulfonamides is 1. The highest BCUT2D eigenvalue weighted by Crippen LogP contribution is 2.46. The number of halogens is 3. The zero-order chi connectivity index (χ0) is 38.5. The number of amides is 4. The number of piperidine rings is 1. The largest absolute Gasteiger partial charge is 0.416 e. The third-order valence-electron chi connectivity index (χ3n) is 10.9. The van der Waals surface area contributed by atoms with E-state index in [-0.39, 0.29) is 37.2 Å². The Bertz CT molecular complexity index is 1910. The van der Waals surface area contributed by atoms with E-state index in [1.54, 1.807) is 11.0 Å². The maximum atomic E-state index is 14.6. The maximum absolute atomic E-state index is 14.6. The predicted molar refractivity (Wildman–Crippen MR) is 194 cm³/mol. The van der Waals surface area contributed by atoms with Crippen LogP contribution < -0.4 is 10.0 Å². The number of benzene rings is 1. The van der Waals surface area contributed by atoms with Crippen LogP contribution in [-0.2, 0) is 35.4 Å². The van der Waals surface area contributed by atoms with E-state index in [0.29, 0.717) is 36.2 Å². The maximum Gasteiger partial charge on any atom is 0.416 e. The Hall–Kier alpha value is -3.66. The summed E-state index contributed by atoms with van der Waals surface area (Å²) in [5.41, 5.74) is -2.92. The van der Waals surface area contributed by atoms with Gasteiger partial charge in [0.05, 0.1) is 22.2 Å². The van der Waals surface area contributed by atoms with Gasteiger partial charge in [-0.1, -0.05) is 32.9 Å². The first-order valence-electron chi connectivity index (χ1n) is 18.1. The van der Waals surface area contributed by atoms with Gasteiger partial charge in [0.1, 0.15) is 11.6 Å². The van der Waals surface area contributed by atoms with Crippen LogP contribution in [-0.4, -0.2) is 88.5 Å². The van der Waals surface area contributed by atoms with Crippen molar-refractivity contribution in [1.29, 1.82) is 0 Å². The van der Waals surface area contributed by atoms with Crippen molar-refractivity contribution in [3.63, 3.8) is 0 Å². The van der Waals surface area contributed by atoms with Crippen molar-refractivity contribution in [2.24, 2.45) is 17.3 Å². The highest BCUT2D eigenvalue weighted by atomic mass is 32.2. The third-order valence-corrected chi connectivity index (χ3v) is 14.0. The number of thioether (sulfide) groups is 1. The molecule has 0 spiro atoms. The van der Waals surface area contributed by atoms with E-state index in [4.69, 9.17) is 0 Å². The molecular formula is C37H46F3N5O6S2. The number of hydrogen-bond acceptors (Lipinski definition) is 8. The van der Waals surface area contributed by atoms with Crippen molar-refractivity contribution in [2.45, 2.75) is 105 Å². The topological polar surface area (TPSA) is 146 Å². The molecule has 0 bridgehead atoms. The van der Waals surface area contributed by atoms with E-state index >= 15 is 0 Å². The molecule has 288 valence electrons. The molecule has 1 aromatic carbocycles. The molecule has 3 heterocycles. The minimum Gasteiger partial charge on any atom is -0.343 e. The third kappa shape index (κ3) is 8.37. The summed E-state index contributed by atoms with van der Waals surface area (Å²) >= 11 is 1.31. The van der Waals surface area contributed by atoms with Gasteiger partial charge in [-0.2, -0.15) is 13.2 Å². The fraction of sp³-hybridized carbons (Fsp3) is 0.595. The lowest BCUT2D eigenvalue weighted by Gasteiger charge is -2.36. The number of likely N-dealkylation sites (tertiary alicyclic amines) is 2. The lowest BCUT2D eigenvalue weighted by atomic mass is 9.77. The fourth-order valence-corrected chi connectivity index (χ4v) is 10.1. The summed E-state index contributed by atoms with van der Waals surface area (Å²) in [5, 5.41) is 2.21. The number of nitrogens with zero attached hydrogens (tertiary/aromatic N) is 3. The predicted octanol–water partition coefficient (Wildman–Crippen LogP) is 5.05. The molecular weight excluding hydrogens is 732 g/mol. The molecule has 53 heavy (non-hydrogen) atoms. The molecule has 4 amide bonds. The average Bonchev–Trinajstić information content (AvgIpc) is 4.03. The van der Waals surface area contributed by atoms with Crippen LogP contribution in [0.15, 0.2) is 48.0 Å². The molecule has 2 saturated carbocycles. The van der Waals surface area contributed by atoms with Crippen LogP contribution in [0.3, 0.4) is 0 Å². The number of alkyl halides is 3. The number of pyridine rings is 1. The van der Waals surface area contributed by atoms with Crippen molar-refractivity contribution in [1.82, 2.24) is 24.8 Å². The van der Waals surface area contributed by atoms with Gasteiger partial charge in [0.25, 0.3) is 5.91 Å². The summed E-state index contributed by atoms with van der Waals surface area (Å²) in [6, 6.07) is 3.91. The van der Waals surface area contributed by atoms with E-state index in [9.17, 15) is 40.8 Å². The van der Waals surface area contributed by atoms with Crippen LogP contribution in [0.1, 0.15) is 77.7 Å². The Kier molecular flexibility index (Phi) is 10.7. The van der Waals surface area contributed by atoms with Crippen molar-refractivity contribution >= 4 is 56.3 Å². The minimum atomic E-state index is -4.55. The van der Waals surface area contributed by atoms with E-state index in [1.807, 2.05) is 20.8 Å². The number of carbonyl (C=O) groups excluding carboxylic acids is 4. The molecule has 1 aromatic heterocycles. The van der Waals surface area contributed by atoms with Crippen molar-refractivity contribution in [3.05, 3.63) is 48.7 Å². The Labute approximate surface area is 311 Å². The van der Waals surface area contributed by atoms with Crippen LogP contribution in [0.25, 0.3) is 10.9 Å². The standard InChI is InChI=1S/C37H46F3N5O6S2/c1-5-22-20-36(22,34(49)43-53(50,51)25-10-11-25)42-32(47)29-18-24(52-30-13-14-41-28-17-23(37(38,39)40)9-12-26(28)30)21-45(29)33(48)27(35(2,3)4)19-31(46)44-15-7-6-8-16-44/h5,9,12-14,17,22,24-25,27,29H,1,6-8,10-11,15-16,18-21H2,2-4H3,(H,42,47)(H,43,49)/t22-,24-,27-,29+,36-/m1/s1. The smallest absolute Gasteiger partial charge is 0.343 e. The van der Waals surface area contributed by atoms with Gasteiger partial charge in [0, 0.05) is 53.7 Å². The monoisotopic (exact) mass is 777 g/mol. The highest BCUT2D eigenvalue weighted by Gasteiger charge is 2.62. The van der Waals surface area contributed by atoms with Crippen LogP contribution >= 0.6 is 11.8 Å². The first kappa shape index (κ1) is 39.0. The molecule has 2 N–H and O–H groups in total. The van der Waals surface area contributed by atoms with Gasteiger partial charge in [0.15, 0.2) is 0 Å². The van der Waals surface area contributed by atoms with Crippen LogP contribution in [0, 0.1) is 17.3 Å². The SMILES string of the molecule is C=C[C@@H]1C[C@]1(NC(=O)[C@@H]1C[C@@H](Sc2ccnc3cc(C(F)(F)F)ccc23)CN1C(=O)[C@@H](CC(=O)N1CCCCC1)C(C)(C)C)C(=O)NS(=O)(=O)C1CC1.